The number of rotatable bonds is 5. The Hall–Kier alpha value is -1.82. The summed E-state index contributed by atoms with van der Waals surface area (Å²) in [6, 6.07) is 1.77. The van der Waals surface area contributed by atoms with Gasteiger partial charge in [-0.1, -0.05) is 12.1 Å². The van der Waals surface area contributed by atoms with E-state index < -0.39 is 0 Å². The van der Waals surface area contributed by atoms with Gasteiger partial charge in [0.1, 0.15) is 11.5 Å². The predicted octanol–water partition coefficient (Wildman–Crippen LogP) is 1.68. The molecule has 6 heteroatoms. The summed E-state index contributed by atoms with van der Waals surface area (Å²) in [6.07, 6.45) is 3.58. The largest absolute Gasteiger partial charge is 0.339 e. The van der Waals surface area contributed by atoms with Gasteiger partial charge in [-0.15, -0.1) is 0 Å². The first-order valence-electron chi connectivity index (χ1n) is 6.04. The number of aryl methyl sites for hydroxylation is 1. The monoisotopic (exact) mass is 247 g/mol. The smallest absolute Gasteiger partial charge is 0.229 e. The molecule has 2 N–H and O–H groups in total. The maximum absolute atomic E-state index is 5.48. The van der Waals surface area contributed by atoms with Gasteiger partial charge in [0.25, 0.3) is 0 Å². The van der Waals surface area contributed by atoms with E-state index >= 15 is 0 Å². The summed E-state index contributed by atoms with van der Waals surface area (Å²) < 4.78 is 5.26. The Labute approximate surface area is 106 Å². The minimum atomic E-state index is 0.220. The molecule has 96 valence electrons. The quantitative estimate of drug-likeness (QED) is 0.864. The van der Waals surface area contributed by atoms with Crippen LogP contribution >= 0.6 is 0 Å². The van der Waals surface area contributed by atoms with Crippen LogP contribution in [0.1, 0.15) is 37.4 Å². The predicted molar refractivity (Wildman–Crippen MR) is 66.8 cm³/mol. The van der Waals surface area contributed by atoms with Gasteiger partial charge in [-0.2, -0.15) is 4.98 Å². The van der Waals surface area contributed by atoms with Crippen LogP contribution in [0, 0.1) is 6.92 Å². The molecule has 0 radical (unpaired) electrons. The second kappa shape index (κ2) is 5.68. The number of aromatic nitrogens is 4. The highest BCUT2D eigenvalue weighted by Gasteiger charge is 2.15. The van der Waals surface area contributed by atoms with E-state index in [9.17, 15) is 0 Å². The standard InChI is InChI=1S/C12H17N5O/c1-8(4-3-6-13)12-16-11(17-18-12)10-5-7-14-9(2)15-10/h5,7-8H,3-4,6,13H2,1-2H3. The van der Waals surface area contributed by atoms with E-state index in [4.69, 9.17) is 10.3 Å². The molecule has 18 heavy (non-hydrogen) atoms. The summed E-state index contributed by atoms with van der Waals surface area (Å²) in [5.41, 5.74) is 6.17. The van der Waals surface area contributed by atoms with Crippen LogP contribution in [0.2, 0.25) is 0 Å². The molecule has 0 aliphatic rings. The average Bonchev–Trinajstić information content (AvgIpc) is 2.85. The molecule has 2 rings (SSSR count). The van der Waals surface area contributed by atoms with E-state index in [1.165, 1.54) is 0 Å². The van der Waals surface area contributed by atoms with Crippen molar-refractivity contribution in [3.05, 3.63) is 24.0 Å². The molecule has 2 aromatic rings. The Morgan fingerprint density at radius 1 is 1.39 bits per heavy atom. The molecule has 0 aromatic carbocycles. The van der Waals surface area contributed by atoms with Gasteiger partial charge in [0.05, 0.1) is 0 Å². The fourth-order valence-electron chi connectivity index (χ4n) is 1.67. The normalized spacial score (nSPS) is 12.6. The van der Waals surface area contributed by atoms with Crippen LogP contribution in [-0.4, -0.2) is 26.7 Å². The third-order valence-electron chi connectivity index (χ3n) is 2.71. The molecule has 0 bridgehead atoms. The third-order valence-corrected chi connectivity index (χ3v) is 2.71. The molecule has 0 saturated heterocycles. The molecular formula is C12H17N5O. The van der Waals surface area contributed by atoms with E-state index in [2.05, 4.69) is 27.0 Å². The highest BCUT2D eigenvalue weighted by atomic mass is 16.5. The summed E-state index contributed by atoms with van der Waals surface area (Å²) in [4.78, 5) is 12.7. The highest BCUT2D eigenvalue weighted by Crippen LogP contribution is 2.21. The summed E-state index contributed by atoms with van der Waals surface area (Å²) >= 11 is 0. The van der Waals surface area contributed by atoms with Gasteiger partial charge in [-0.25, -0.2) is 9.97 Å². The molecule has 0 fully saturated rings. The maximum Gasteiger partial charge on any atom is 0.229 e. The topological polar surface area (TPSA) is 90.7 Å². The summed E-state index contributed by atoms with van der Waals surface area (Å²) in [6.45, 7) is 4.56. The first-order chi connectivity index (χ1) is 8.70. The van der Waals surface area contributed by atoms with E-state index in [0.717, 1.165) is 12.8 Å². The maximum atomic E-state index is 5.48. The molecule has 2 aromatic heterocycles. The SMILES string of the molecule is Cc1nccc(-c2noc(C(C)CCCN)n2)n1. The van der Waals surface area contributed by atoms with Crippen LogP contribution < -0.4 is 5.73 Å². The summed E-state index contributed by atoms with van der Waals surface area (Å²) in [7, 11) is 0. The lowest BCUT2D eigenvalue weighted by Gasteiger charge is -2.03. The molecule has 0 aliphatic heterocycles. The van der Waals surface area contributed by atoms with Crippen LogP contribution in [0.25, 0.3) is 11.5 Å². The second-order valence-corrected chi connectivity index (χ2v) is 4.28. The van der Waals surface area contributed by atoms with E-state index in [1.54, 1.807) is 12.3 Å². The van der Waals surface area contributed by atoms with Crippen LogP contribution in [0.4, 0.5) is 0 Å². The molecule has 0 saturated carbocycles. The highest BCUT2D eigenvalue weighted by molar-refractivity contribution is 5.47. The fourth-order valence-corrected chi connectivity index (χ4v) is 1.67. The molecule has 0 spiro atoms. The average molecular weight is 247 g/mol. The Balaban J connectivity index is 2.15. The van der Waals surface area contributed by atoms with Crippen molar-refractivity contribution in [3.8, 4) is 11.5 Å². The molecule has 0 aliphatic carbocycles. The lowest BCUT2D eigenvalue weighted by atomic mass is 10.1. The van der Waals surface area contributed by atoms with Crippen molar-refractivity contribution in [2.24, 2.45) is 5.73 Å². The first-order valence-corrected chi connectivity index (χ1v) is 6.04. The molecule has 0 amide bonds. The first kappa shape index (κ1) is 12.6. The fraction of sp³-hybridized carbons (Fsp3) is 0.500. The lowest BCUT2D eigenvalue weighted by Crippen LogP contribution is -2.02. The van der Waals surface area contributed by atoms with E-state index in [0.29, 0.717) is 29.8 Å². The van der Waals surface area contributed by atoms with Gasteiger partial charge in [-0.3, -0.25) is 0 Å². The molecule has 1 atom stereocenters. The van der Waals surface area contributed by atoms with Crippen molar-refractivity contribution in [1.29, 1.82) is 0 Å². The Kier molecular flexibility index (Phi) is 3.99. The van der Waals surface area contributed by atoms with Gasteiger partial charge in [-0.05, 0) is 32.4 Å². The summed E-state index contributed by atoms with van der Waals surface area (Å²) in [5, 5.41) is 3.95. The van der Waals surface area contributed by atoms with Crippen molar-refractivity contribution >= 4 is 0 Å². The van der Waals surface area contributed by atoms with Crippen molar-refractivity contribution in [2.45, 2.75) is 32.6 Å². The summed E-state index contributed by atoms with van der Waals surface area (Å²) in [5.74, 6) is 2.05. The van der Waals surface area contributed by atoms with Gasteiger partial charge in [0, 0.05) is 12.1 Å². The van der Waals surface area contributed by atoms with Crippen LogP contribution in [0.3, 0.4) is 0 Å². The van der Waals surface area contributed by atoms with Crippen molar-refractivity contribution in [2.75, 3.05) is 6.54 Å². The minimum Gasteiger partial charge on any atom is -0.339 e. The van der Waals surface area contributed by atoms with Gasteiger partial charge in [0.2, 0.25) is 11.7 Å². The zero-order valence-electron chi connectivity index (χ0n) is 10.6. The Bertz CT molecular complexity index is 511. The molecular weight excluding hydrogens is 230 g/mol. The second-order valence-electron chi connectivity index (χ2n) is 4.28. The van der Waals surface area contributed by atoms with Crippen LogP contribution in [0.5, 0.6) is 0 Å². The molecule has 6 nitrogen and oxygen atoms in total. The zero-order valence-corrected chi connectivity index (χ0v) is 10.6. The Morgan fingerprint density at radius 2 is 2.22 bits per heavy atom. The number of hydrogen-bond acceptors (Lipinski definition) is 6. The minimum absolute atomic E-state index is 0.220. The van der Waals surface area contributed by atoms with E-state index in [-0.39, 0.29) is 5.92 Å². The van der Waals surface area contributed by atoms with Crippen molar-refractivity contribution < 1.29 is 4.52 Å². The van der Waals surface area contributed by atoms with Crippen LogP contribution in [0.15, 0.2) is 16.8 Å². The molecule has 2 heterocycles. The number of nitrogens with zero attached hydrogens (tertiary/aromatic N) is 4. The molecule has 1 unspecified atom stereocenters. The van der Waals surface area contributed by atoms with Gasteiger partial charge in [0.15, 0.2) is 0 Å². The third kappa shape index (κ3) is 2.89. The lowest BCUT2D eigenvalue weighted by molar-refractivity contribution is 0.352. The van der Waals surface area contributed by atoms with Gasteiger partial charge >= 0.3 is 0 Å². The number of hydrogen-bond donors (Lipinski definition) is 1. The van der Waals surface area contributed by atoms with Gasteiger partial charge < -0.3 is 10.3 Å². The Morgan fingerprint density at radius 3 is 2.94 bits per heavy atom. The zero-order chi connectivity index (χ0) is 13.0. The van der Waals surface area contributed by atoms with Crippen molar-refractivity contribution in [1.82, 2.24) is 20.1 Å². The van der Waals surface area contributed by atoms with Crippen LogP contribution in [-0.2, 0) is 0 Å². The van der Waals surface area contributed by atoms with Crippen molar-refractivity contribution in [3.63, 3.8) is 0 Å². The van der Waals surface area contributed by atoms with E-state index in [1.807, 2.05) is 6.92 Å². The number of nitrogens with two attached hydrogens (primary N) is 1.